The number of thiophene rings is 1. The van der Waals surface area contributed by atoms with Crippen LogP contribution in [0.2, 0.25) is 0 Å². The molecule has 1 aromatic carbocycles. The molecule has 4 heteroatoms. The summed E-state index contributed by atoms with van der Waals surface area (Å²) in [6.45, 7) is 7.12. The van der Waals surface area contributed by atoms with E-state index >= 15 is 0 Å². The topological polar surface area (TPSA) is 23.6 Å². The number of likely N-dealkylation sites (N-methyl/N-ethyl adjacent to an activating group) is 1. The number of carbonyl (C=O) groups is 1. The minimum absolute atomic E-state index is 0.146. The smallest absolute Gasteiger partial charge is 0.169 e. The van der Waals surface area contributed by atoms with Gasteiger partial charge in [0.2, 0.25) is 0 Å². The van der Waals surface area contributed by atoms with E-state index in [1.807, 2.05) is 6.07 Å². The highest BCUT2D eigenvalue weighted by atomic mass is 32.1. The van der Waals surface area contributed by atoms with Crippen molar-refractivity contribution in [2.75, 3.05) is 33.2 Å². The van der Waals surface area contributed by atoms with Crippen LogP contribution in [-0.2, 0) is 6.54 Å². The minimum atomic E-state index is 0.146. The maximum absolute atomic E-state index is 11.5. The third kappa shape index (κ3) is 3.46. The van der Waals surface area contributed by atoms with Gasteiger partial charge in [-0.2, -0.15) is 0 Å². The van der Waals surface area contributed by atoms with E-state index < -0.39 is 0 Å². The molecule has 22 heavy (non-hydrogen) atoms. The van der Waals surface area contributed by atoms with E-state index in [4.69, 9.17) is 0 Å². The summed E-state index contributed by atoms with van der Waals surface area (Å²) < 4.78 is 0. The molecule has 3 nitrogen and oxygen atoms in total. The Balaban J connectivity index is 1.81. The standard InChI is InChI=1S/C18H22N2OS/c1-14(21)17-7-8-18(22-17)16-6-4-3-5-15(16)13-20-11-9-19(2)10-12-20/h3-8H,9-13H2,1-2H3. The SMILES string of the molecule is CC(=O)c1ccc(-c2ccccc2CN2CCN(C)CC2)s1. The predicted octanol–water partition coefficient (Wildman–Crippen LogP) is 3.37. The Morgan fingerprint density at radius 3 is 2.50 bits per heavy atom. The third-order valence-electron chi connectivity index (χ3n) is 4.23. The van der Waals surface area contributed by atoms with Gasteiger partial charge < -0.3 is 4.90 Å². The average molecular weight is 314 g/mol. The Morgan fingerprint density at radius 1 is 1.09 bits per heavy atom. The summed E-state index contributed by atoms with van der Waals surface area (Å²) >= 11 is 1.59. The van der Waals surface area contributed by atoms with Gasteiger partial charge in [-0.25, -0.2) is 0 Å². The molecule has 0 spiro atoms. The fourth-order valence-electron chi connectivity index (χ4n) is 2.82. The highest BCUT2D eigenvalue weighted by Gasteiger charge is 2.16. The molecule has 1 fully saturated rings. The predicted molar refractivity (Wildman–Crippen MR) is 92.5 cm³/mol. The maximum atomic E-state index is 11.5. The van der Waals surface area contributed by atoms with Gasteiger partial charge in [-0.15, -0.1) is 11.3 Å². The lowest BCUT2D eigenvalue weighted by molar-refractivity contribution is 0.102. The van der Waals surface area contributed by atoms with E-state index in [1.54, 1.807) is 18.3 Å². The van der Waals surface area contributed by atoms with Crippen molar-refractivity contribution in [3.05, 3.63) is 46.8 Å². The van der Waals surface area contributed by atoms with Crippen LogP contribution in [0, 0.1) is 0 Å². The average Bonchev–Trinajstić information content (AvgIpc) is 3.00. The van der Waals surface area contributed by atoms with E-state index in [-0.39, 0.29) is 5.78 Å². The lowest BCUT2D eigenvalue weighted by Gasteiger charge is -2.32. The normalized spacial score (nSPS) is 16.8. The number of piperazine rings is 1. The zero-order valence-corrected chi connectivity index (χ0v) is 14.0. The van der Waals surface area contributed by atoms with Gasteiger partial charge in [-0.3, -0.25) is 9.69 Å². The summed E-state index contributed by atoms with van der Waals surface area (Å²) in [5.41, 5.74) is 2.61. The second-order valence-corrected chi connectivity index (χ2v) is 7.04. The first-order valence-electron chi connectivity index (χ1n) is 7.73. The Kier molecular flexibility index (Phi) is 4.71. The molecule has 0 N–H and O–H groups in total. The number of hydrogen-bond donors (Lipinski definition) is 0. The molecule has 2 heterocycles. The van der Waals surface area contributed by atoms with E-state index in [1.165, 1.54) is 16.0 Å². The molecule has 2 aromatic rings. The lowest BCUT2D eigenvalue weighted by atomic mass is 10.1. The lowest BCUT2D eigenvalue weighted by Crippen LogP contribution is -2.43. The van der Waals surface area contributed by atoms with Crippen LogP contribution in [0.3, 0.4) is 0 Å². The molecule has 1 saturated heterocycles. The van der Waals surface area contributed by atoms with Crippen LogP contribution >= 0.6 is 11.3 Å². The zero-order valence-electron chi connectivity index (χ0n) is 13.2. The molecule has 0 unspecified atom stereocenters. The van der Waals surface area contributed by atoms with Crippen LogP contribution in [0.15, 0.2) is 36.4 Å². The number of carbonyl (C=O) groups excluding carboxylic acids is 1. The van der Waals surface area contributed by atoms with E-state index in [2.05, 4.69) is 47.2 Å². The molecule has 1 aromatic heterocycles. The summed E-state index contributed by atoms with van der Waals surface area (Å²) in [6, 6.07) is 12.6. The van der Waals surface area contributed by atoms with Crippen LogP contribution in [0.25, 0.3) is 10.4 Å². The highest BCUT2D eigenvalue weighted by molar-refractivity contribution is 7.17. The monoisotopic (exact) mass is 314 g/mol. The molecular weight excluding hydrogens is 292 g/mol. The quantitative estimate of drug-likeness (QED) is 0.809. The largest absolute Gasteiger partial charge is 0.304 e. The second-order valence-electron chi connectivity index (χ2n) is 5.96. The Hall–Kier alpha value is -1.49. The van der Waals surface area contributed by atoms with Crippen molar-refractivity contribution in [2.45, 2.75) is 13.5 Å². The van der Waals surface area contributed by atoms with Gasteiger partial charge in [0.25, 0.3) is 0 Å². The number of rotatable bonds is 4. The minimum Gasteiger partial charge on any atom is -0.304 e. The first-order valence-corrected chi connectivity index (χ1v) is 8.55. The molecular formula is C18H22N2OS. The number of benzene rings is 1. The number of hydrogen-bond acceptors (Lipinski definition) is 4. The maximum Gasteiger partial charge on any atom is 0.169 e. The van der Waals surface area contributed by atoms with E-state index in [9.17, 15) is 4.79 Å². The van der Waals surface area contributed by atoms with Crippen molar-refractivity contribution in [3.63, 3.8) is 0 Å². The molecule has 0 atom stereocenters. The number of ketones is 1. The molecule has 0 saturated carbocycles. The Bertz CT molecular complexity index is 657. The molecule has 0 radical (unpaired) electrons. The van der Waals surface area contributed by atoms with Crippen LogP contribution < -0.4 is 0 Å². The van der Waals surface area contributed by atoms with Crippen molar-refractivity contribution in [1.82, 2.24) is 9.80 Å². The van der Waals surface area contributed by atoms with Gasteiger partial charge in [-0.1, -0.05) is 24.3 Å². The molecule has 0 aliphatic carbocycles. The van der Waals surface area contributed by atoms with Crippen LogP contribution in [0.4, 0.5) is 0 Å². The van der Waals surface area contributed by atoms with Crippen molar-refractivity contribution < 1.29 is 4.79 Å². The number of nitrogens with zero attached hydrogens (tertiary/aromatic N) is 2. The Morgan fingerprint density at radius 2 is 1.82 bits per heavy atom. The van der Waals surface area contributed by atoms with Crippen molar-refractivity contribution in [1.29, 1.82) is 0 Å². The summed E-state index contributed by atoms with van der Waals surface area (Å²) in [5.74, 6) is 0.146. The second kappa shape index (κ2) is 6.73. The molecule has 3 rings (SSSR count). The summed E-state index contributed by atoms with van der Waals surface area (Å²) in [7, 11) is 2.18. The van der Waals surface area contributed by atoms with Crippen molar-refractivity contribution in [3.8, 4) is 10.4 Å². The molecule has 116 valence electrons. The molecule has 0 amide bonds. The first-order chi connectivity index (χ1) is 10.6. The molecule has 1 aliphatic heterocycles. The van der Waals surface area contributed by atoms with Crippen LogP contribution in [0.1, 0.15) is 22.2 Å². The number of Topliss-reactive ketones (excluding diaryl/α,β-unsaturated/α-hetero) is 1. The van der Waals surface area contributed by atoms with Crippen LogP contribution in [-0.4, -0.2) is 48.8 Å². The van der Waals surface area contributed by atoms with E-state index in [0.29, 0.717) is 0 Å². The van der Waals surface area contributed by atoms with Gasteiger partial charge >= 0.3 is 0 Å². The summed E-state index contributed by atoms with van der Waals surface area (Å²) in [5, 5.41) is 0. The van der Waals surface area contributed by atoms with Gasteiger partial charge in [0.05, 0.1) is 4.88 Å². The van der Waals surface area contributed by atoms with Crippen LogP contribution in [0.5, 0.6) is 0 Å². The van der Waals surface area contributed by atoms with Crippen molar-refractivity contribution in [2.24, 2.45) is 0 Å². The summed E-state index contributed by atoms with van der Waals surface area (Å²) in [6.07, 6.45) is 0. The Labute approximate surface area is 136 Å². The summed E-state index contributed by atoms with van der Waals surface area (Å²) in [4.78, 5) is 18.4. The molecule has 0 bridgehead atoms. The fourth-order valence-corrected chi connectivity index (χ4v) is 3.78. The molecule has 1 aliphatic rings. The fraction of sp³-hybridized carbons (Fsp3) is 0.389. The van der Waals surface area contributed by atoms with Gasteiger partial charge in [-0.05, 0) is 37.2 Å². The third-order valence-corrected chi connectivity index (χ3v) is 5.45. The van der Waals surface area contributed by atoms with Gasteiger partial charge in [0.15, 0.2) is 5.78 Å². The van der Waals surface area contributed by atoms with Gasteiger partial charge in [0.1, 0.15) is 0 Å². The highest BCUT2D eigenvalue weighted by Crippen LogP contribution is 2.31. The van der Waals surface area contributed by atoms with Gasteiger partial charge in [0, 0.05) is 37.6 Å². The van der Waals surface area contributed by atoms with E-state index in [0.717, 1.165) is 37.6 Å². The van der Waals surface area contributed by atoms with Crippen molar-refractivity contribution >= 4 is 17.1 Å². The zero-order chi connectivity index (χ0) is 15.5. The first kappa shape index (κ1) is 15.4.